The minimum atomic E-state index is 0.926. The molecule has 2 heterocycles. The van der Waals surface area contributed by atoms with Gasteiger partial charge in [-0.3, -0.25) is 0 Å². The fourth-order valence-corrected chi connectivity index (χ4v) is 4.75. The van der Waals surface area contributed by atoms with Crippen molar-refractivity contribution in [3.63, 3.8) is 0 Å². The molecule has 0 aliphatic heterocycles. The van der Waals surface area contributed by atoms with Gasteiger partial charge in [0, 0.05) is 38.5 Å². The van der Waals surface area contributed by atoms with Gasteiger partial charge in [0.1, 0.15) is 11.2 Å². The van der Waals surface area contributed by atoms with Crippen LogP contribution in [0.4, 0.5) is 0 Å². The Hall–Kier alpha value is -3.78. The number of hydrogen-bond acceptors (Lipinski definition) is 1. The molecule has 0 unspecified atom stereocenters. The van der Waals surface area contributed by atoms with Crippen molar-refractivity contribution in [3.8, 4) is 0 Å². The molecule has 130 valence electrons. The Morgan fingerprint density at radius 3 is 1.96 bits per heavy atom. The lowest BCUT2D eigenvalue weighted by Crippen LogP contribution is -1.79. The molecule has 0 amide bonds. The van der Waals surface area contributed by atoms with E-state index in [1.54, 1.807) is 0 Å². The van der Waals surface area contributed by atoms with Crippen LogP contribution < -0.4 is 0 Å². The summed E-state index contributed by atoms with van der Waals surface area (Å²) in [7, 11) is 0. The van der Waals surface area contributed by atoms with Gasteiger partial charge in [-0.05, 0) is 28.3 Å². The molecule has 1 N–H and O–H groups in total. The molecule has 0 aliphatic carbocycles. The van der Waals surface area contributed by atoms with Crippen molar-refractivity contribution in [1.29, 1.82) is 0 Å². The van der Waals surface area contributed by atoms with Gasteiger partial charge in [0.15, 0.2) is 0 Å². The van der Waals surface area contributed by atoms with Crippen LogP contribution in [0.3, 0.4) is 0 Å². The first-order valence-electron chi connectivity index (χ1n) is 9.54. The van der Waals surface area contributed by atoms with Gasteiger partial charge in [0.05, 0.1) is 5.52 Å². The van der Waals surface area contributed by atoms with E-state index in [9.17, 15) is 0 Å². The molecule has 2 heteroatoms. The topological polar surface area (TPSA) is 28.9 Å². The highest BCUT2D eigenvalue weighted by molar-refractivity contribution is 6.31. The molecule has 0 radical (unpaired) electrons. The quantitative estimate of drug-likeness (QED) is 0.279. The summed E-state index contributed by atoms with van der Waals surface area (Å²) in [5.41, 5.74) is 4.17. The molecule has 0 bridgehead atoms. The Labute approximate surface area is 160 Å². The molecule has 7 aromatic rings. The lowest BCUT2D eigenvalue weighted by Gasteiger charge is -2.05. The van der Waals surface area contributed by atoms with E-state index in [4.69, 9.17) is 4.42 Å². The summed E-state index contributed by atoms with van der Waals surface area (Å²) < 4.78 is 6.46. The average Bonchev–Trinajstić information content (AvgIpc) is 3.30. The smallest absolute Gasteiger partial charge is 0.143 e. The van der Waals surface area contributed by atoms with Crippen molar-refractivity contribution >= 4 is 65.3 Å². The largest absolute Gasteiger partial charge is 0.455 e. The second-order valence-corrected chi connectivity index (χ2v) is 7.46. The number of benzene rings is 5. The Morgan fingerprint density at radius 1 is 0.500 bits per heavy atom. The minimum absolute atomic E-state index is 0.926. The molecule has 7 rings (SSSR count). The second-order valence-electron chi connectivity index (χ2n) is 7.46. The van der Waals surface area contributed by atoms with E-state index in [1.165, 1.54) is 43.1 Å². The predicted octanol–water partition coefficient (Wildman–Crippen LogP) is 7.53. The summed E-state index contributed by atoms with van der Waals surface area (Å²) in [4.78, 5) is 3.53. The van der Waals surface area contributed by atoms with Crippen LogP contribution in [0.2, 0.25) is 0 Å². The molecular formula is C26H15NO. The average molecular weight is 357 g/mol. The van der Waals surface area contributed by atoms with Crippen LogP contribution in [-0.2, 0) is 0 Å². The van der Waals surface area contributed by atoms with Gasteiger partial charge < -0.3 is 9.40 Å². The Balaban J connectivity index is 1.80. The molecule has 0 fully saturated rings. The van der Waals surface area contributed by atoms with Crippen molar-refractivity contribution in [1.82, 2.24) is 4.98 Å². The lowest BCUT2D eigenvalue weighted by atomic mass is 9.96. The predicted molar refractivity (Wildman–Crippen MR) is 118 cm³/mol. The molecule has 2 aromatic heterocycles. The zero-order valence-corrected chi connectivity index (χ0v) is 15.0. The molecule has 0 saturated carbocycles. The van der Waals surface area contributed by atoms with Crippen LogP contribution in [0.25, 0.3) is 65.3 Å². The van der Waals surface area contributed by atoms with Gasteiger partial charge in [-0.2, -0.15) is 0 Å². The molecule has 28 heavy (non-hydrogen) atoms. The summed E-state index contributed by atoms with van der Waals surface area (Å²) in [6.07, 6.45) is 0. The molecular weight excluding hydrogens is 342 g/mol. The fourth-order valence-electron chi connectivity index (χ4n) is 4.75. The molecule has 2 nitrogen and oxygen atoms in total. The number of rotatable bonds is 0. The summed E-state index contributed by atoms with van der Waals surface area (Å²) in [5, 5.41) is 9.79. The molecule has 0 atom stereocenters. The van der Waals surface area contributed by atoms with Crippen LogP contribution >= 0.6 is 0 Å². The summed E-state index contributed by atoms with van der Waals surface area (Å²) >= 11 is 0. The normalized spacial score (nSPS) is 12.3. The maximum absolute atomic E-state index is 6.46. The van der Waals surface area contributed by atoms with Crippen molar-refractivity contribution in [2.24, 2.45) is 0 Å². The van der Waals surface area contributed by atoms with Gasteiger partial charge >= 0.3 is 0 Å². The number of fused-ring (bicyclic) bond motifs is 11. The number of aromatic amines is 1. The maximum atomic E-state index is 6.46. The van der Waals surface area contributed by atoms with Crippen LogP contribution in [-0.4, -0.2) is 4.98 Å². The Kier molecular flexibility index (Phi) is 2.52. The SMILES string of the molecule is c1ccc2c(c1)[nH]c1cc3oc4c5ccccc5c5ccccc5c4c3cc12. The zero-order valence-electron chi connectivity index (χ0n) is 15.0. The van der Waals surface area contributed by atoms with Crippen LogP contribution in [0, 0.1) is 0 Å². The van der Waals surface area contributed by atoms with Crippen LogP contribution in [0.1, 0.15) is 0 Å². The highest BCUT2D eigenvalue weighted by atomic mass is 16.3. The van der Waals surface area contributed by atoms with E-state index < -0.39 is 0 Å². The first-order valence-corrected chi connectivity index (χ1v) is 9.54. The summed E-state index contributed by atoms with van der Waals surface area (Å²) in [6, 6.07) is 30.1. The number of aromatic nitrogens is 1. The van der Waals surface area contributed by atoms with E-state index in [-0.39, 0.29) is 0 Å². The van der Waals surface area contributed by atoms with E-state index in [0.29, 0.717) is 0 Å². The lowest BCUT2D eigenvalue weighted by molar-refractivity contribution is 0.673. The Morgan fingerprint density at radius 2 is 1.14 bits per heavy atom. The van der Waals surface area contributed by atoms with Crippen molar-refractivity contribution < 1.29 is 4.42 Å². The van der Waals surface area contributed by atoms with E-state index in [2.05, 4.69) is 89.9 Å². The van der Waals surface area contributed by atoms with Gasteiger partial charge in [-0.15, -0.1) is 0 Å². The third-order valence-electron chi connectivity index (χ3n) is 5.97. The van der Waals surface area contributed by atoms with E-state index >= 15 is 0 Å². The molecule has 0 saturated heterocycles. The standard InChI is InChI=1S/C26H15NO/c1-3-10-18-15(7-1)16-8-2-4-11-19(16)26-25(18)21-13-20-17-9-5-6-12-22(17)27-23(20)14-24(21)28-26/h1-14,27H. The third kappa shape index (κ3) is 1.68. The summed E-state index contributed by atoms with van der Waals surface area (Å²) in [5.74, 6) is 0. The monoisotopic (exact) mass is 357 g/mol. The highest BCUT2D eigenvalue weighted by Gasteiger charge is 2.17. The van der Waals surface area contributed by atoms with Gasteiger partial charge in [0.25, 0.3) is 0 Å². The van der Waals surface area contributed by atoms with Gasteiger partial charge in [0.2, 0.25) is 0 Å². The van der Waals surface area contributed by atoms with E-state index in [0.717, 1.165) is 22.2 Å². The number of H-pyrrole nitrogens is 1. The number of furan rings is 1. The second kappa shape index (κ2) is 4.93. The van der Waals surface area contributed by atoms with Gasteiger partial charge in [-0.25, -0.2) is 0 Å². The Bertz CT molecular complexity index is 1720. The molecule has 5 aromatic carbocycles. The van der Waals surface area contributed by atoms with Crippen molar-refractivity contribution in [2.45, 2.75) is 0 Å². The highest BCUT2D eigenvalue weighted by Crippen LogP contribution is 2.42. The molecule has 0 spiro atoms. The third-order valence-corrected chi connectivity index (χ3v) is 5.97. The number of hydrogen-bond donors (Lipinski definition) is 1. The number of nitrogens with one attached hydrogen (secondary N) is 1. The first-order chi connectivity index (χ1) is 13.9. The molecule has 0 aliphatic rings. The van der Waals surface area contributed by atoms with Crippen LogP contribution in [0.15, 0.2) is 89.3 Å². The fraction of sp³-hybridized carbons (Fsp3) is 0. The summed E-state index contributed by atoms with van der Waals surface area (Å²) in [6.45, 7) is 0. The van der Waals surface area contributed by atoms with Crippen molar-refractivity contribution in [3.05, 3.63) is 84.9 Å². The van der Waals surface area contributed by atoms with Crippen molar-refractivity contribution in [2.75, 3.05) is 0 Å². The van der Waals surface area contributed by atoms with E-state index in [1.807, 2.05) is 0 Å². The minimum Gasteiger partial charge on any atom is -0.455 e. The first kappa shape index (κ1) is 14.3. The number of para-hydroxylation sites is 1. The van der Waals surface area contributed by atoms with Gasteiger partial charge in [-0.1, -0.05) is 66.7 Å². The van der Waals surface area contributed by atoms with Crippen LogP contribution in [0.5, 0.6) is 0 Å². The maximum Gasteiger partial charge on any atom is 0.143 e. The zero-order chi connectivity index (χ0) is 18.2.